The van der Waals surface area contributed by atoms with E-state index in [-0.39, 0.29) is 63.0 Å². The summed E-state index contributed by atoms with van der Waals surface area (Å²) in [4.78, 5) is 26.7. The van der Waals surface area contributed by atoms with Gasteiger partial charge in [0.2, 0.25) is 12.7 Å². The van der Waals surface area contributed by atoms with E-state index < -0.39 is 6.10 Å². The van der Waals surface area contributed by atoms with Crippen LogP contribution in [0.2, 0.25) is 0 Å². The van der Waals surface area contributed by atoms with Crippen molar-refractivity contribution in [2.24, 2.45) is 0 Å². The van der Waals surface area contributed by atoms with Crippen molar-refractivity contribution in [2.45, 2.75) is 43.6 Å². The Kier molecular flexibility index (Phi) is 5.89. The molecule has 0 aromatic heterocycles. The highest BCUT2D eigenvalue weighted by atomic mass is 16.7. The van der Waals surface area contributed by atoms with E-state index in [4.69, 9.17) is 18.9 Å². The lowest BCUT2D eigenvalue weighted by Gasteiger charge is -2.44. The van der Waals surface area contributed by atoms with Crippen LogP contribution >= 0.6 is 0 Å². The summed E-state index contributed by atoms with van der Waals surface area (Å²) in [5.74, 6) is 0.865. The fourth-order valence-corrected chi connectivity index (χ4v) is 4.08. The first-order valence-electron chi connectivity index (χ1n) is 9.87. The molecule has 3 heterocycles. The average molecular weight is 406 g/mol. The lowest BCUT2D eigenvalue weighted by molar-refractivity contribution is -0.150. The van der Waals surface area contributed by atoms with E-state index in [1.165, 1.54) is 0 Å². The first kappa shape index (κ1) is 19.9. The van der Waals surface area contributed by atoms with Crippen molar-refractivity contribution in [3.05, 3.63) is 23.8 Å². The highest BCUT2D eigenvalue weighted by Gasteiger charge is 2.40. The lowest BCUT2D eigenvalue weighted by Crippen LogP contribution is -2.57. The molecule has 0 radical (unpaired) electrons. The molecule has 0 saturated carbocycles. The second-order valence-electron chi connectivity index (χ2n) is 7.54. The van der Waals surface area contributed by atoms with E-state index in [0.717, 1.165) is 0 Å². The first-order valence-corrected chi connectivity index (χ1v) is 9.87. The second-order valence-corrected chi connectivity index (χ2v) is 7.54. The molecule has 0 spiro atoms. The van der Waals surface area contributed by atoms with Gasteiger partial charge in [-0.25, -0.2) is 0 Å². The van der Waals surface area contributed by atoms with Gasteiger partial charge >= 0.3 is 0 Å². The molecule has 3 aliphatic heterocycles. The molecule has 29 heavy (non-hydrogen) atoms. The molecular formula is C20H26N2O7. The molecule has 2 fully saturated rings. The maximum Gasteiger partial charge on any atom is 0.254 e. The molecule has 2 amide bonds. The number of nitrogens with zero attached hydrogens (tertiary/aromatic N) is 1. The van der Waals surface area contributed by atoms with Crippen LogP contribution < -0.4 is 14.8 Å². The molecule has 0 unspecified atom stereocenters. The fraction of sp³-hybridized carbons (Fsp3) is 0.600. The third-order valence-electron chi connectivity index (χ3n) is 5.55. The van der Waals surface area contributed by atoms with Crippen molar-refractivity contribution in [3.63, 3.8) is 0 Å². The highest BCUT2D eigenvalue weighted by molar-refractivity contribution is 5.95. The fourth-order valence-electron chi connectivity index (χ4n) is 4.08. The van der Waals surface area contributed by atoms with Gasteiger partial charge in [-0.2, -0.15) is 0 Å². The smallest absolute Gasteiger partial charge is 0.254 e. The first-order chi connectivity index (χ1) is 14.0. The highest BCUT2D eigenvalue weighted by Crippen LogP contribution is 2.34. The Labute approximate surface area is 168 Å². The molecule has 9 heteroatoms. The summed E-state index contributed by atoms with van der Waals surface area (Å²) < 4.78 is 22.4. The van der Waals surface area contributed by atoms with E-state index in [1.807, 2.05) is 0 Å². The third-order valence-corrected chi connectivity index (χ3v) is 5.55. The maximum absolute atomic E-state index is 13.3. The summed E-state index contributed by atoms with van der Waals surface area (Å²) in [6.45, 7) is 0.671. The minimum atomic E-state index is -0.780. The van der Waals surface area contributed by atoms with Crippen molar-refractivity contribution < 1.29 is 33.6 Å². The molecule has 0 aliphatic carbocycles. The molecule has 2 N–H and O–H groups in total. The molecule has 4 rings (SSSR count). The van der Waals surface area contributed by atoms with E-state index in [0.29, 0.717) is 29.9 Å². The van der Waals surface area contributed by atoms with Gasteiger partial charge in [-0.05, 0) is 31.0 Å². The number of aliphatic hydroxyl groups is 1. The average Bonchev–Trinajstić information content (AvgIpc) is 3.18. The molecule has 4 atom stereocenters. The summed E-state index contributed by atoms with van der Waals surface area (Å²) in [7, 11) is 1.60. The number of amides is 2. The number of carbonyl (C=O) groups is 2. The number of ether oxygens (including phenoxy) is 4. The van der Waals surface area contributed by atoms with Gasteiger partial charge in [0.05, 0.1) is 37.9 Å². The van der Waals surface area contributed by atoms with Crippen LogP contribution in [0.3, 0.4) is 0 Å². The quantitative estimate of drug-likeness (QED) is 0.744. The summed E-state index contributed by atoms with van der Waals surface area (Å²) in [6.07, 6.45) is 0.236. The van der Waals surface area contributed by atoms with Crippen molar-refractivity contribution in [2.75, 3.05) is 33.6 Å². The number of fused-ring (bicyclic) bond motifs is 2. The number of hydrogen-bond acceptors (Lipinski definition) is 7. The van der Waals surface area contributed by atoms with E-state index in [9.17, 15) is 14.7 Å². The standard InChI is InChI=1S/C20H26N2O7/c1-21-19(24)7-14-3-4-15-18(29-14)10-26-9-13(23)8-22(15)20(25)12-2-5-16-17(6-12)28-11-27-16/h2,5-6,13-15,18,23H,3-4,7-11H2,1H3,(H,21,24)/t13-,14+,15-,18+/m1/s1. The van der Waals surface area contributed by atoms with Crippen LogP contribution in [0.5, 0.6) is 11.5 Å². The Morgan fingerprint density at radius 1 is 1.21 bits per heavy atom. The van der Waals surface area contributed by atoms with Gasteiger partial charge in [0, 0.05) is 19.2 Å². The number of nitrogens with one attached hydrogen (secondary N) is 1. The Morgan fingerprint density at radius 3 is 2.86 bits per heavy atom. The van der Waals surface area contributed by atoms with Gasteiger partial charge in [0.25, 0.3) is 5.91 Å². The third kappa shape index (κ3) is 4.31. The number of hydrogen-bond donors (Lipinski definition) is 2. The van der Waals surface area contributed by atoms with Crippen LogP contribution in [0.4, 0.5) is 0 Å². The molecule has 9 nitrogen and oxygen atoms in total. The Bertz CT molecular complexity index is 771. The van der Waals surface area contributed by atoms with Crippen LogP contribution in [0.25, 0.3) is 0 Å². The van der Waals surface area contributed by atoms with Crippen LogP contribution in [0.15, 0.2) is 18.2 Å². The largest absolute Gasteiger partial charge is 0.454 e. The Morgan fingerprint density at radius 2 is 2.03 bits per heavy atom. The van der Waals surface area contributed by atoms with Crippen molar-refractivity contribution in [3.8, 4) is 11.5 Å². The number of rotatable bonds is 3. The normalized spacial score (nSPS) is 28.8. The van der Waals surface area contributed by atoms with E-state index >= 15 is 0 Å². The van der Waals surface area contributed by atoms with Crippen molar-refractivity contribution >= 4 is 11.8 Å². The zero-order valence-corrected chi connectivity index (χ0v) is 16.3. The van der Waals surface area contributed by atoms with Gasteiger partial charge < -0.3 is 34.3 Å². The molecular weight excluding hydrogens is 380 g/mol. The summed E-state index contributed by atoms with van der Waals surface area (Å²) in [6, 6.07) is 4.83. The van der Waals surface area contributed by atoms with E-state index in [2.05, 4.69) is 5.32 Å². The monoisotopic (exact) mass is 406 g/mol. The second kappa shape index (κ2) is 8.56. The minimum Gasteiger partial charge on any atom is -0.454 e. The predicted molar refractivity (Wildman–Crippen MR) is 101 cm³/mol. The lowest BCUT2D eigenvalue weighted by atomic mass is 9.94. The number of carbonyl (C=O) groups excluding carboxylic acids is 2. The van der Waals surface area contributed by atoms with Crippen LogP contribution in [0.1, 0.15) is 29.6 Å². The van der Waals surface area contributed by atoms with Crippen LogP contribution in [0, 0.1) is 0 Å². The van der Waals surface area contributed by atoms with Gasteiger partial charge in [0.1, 0.15) is 6.10 Å². The number of β-amino-alcohol motifs (C(OH)–C–C–N with tert-alkyl or cyclic N) is 1. The zero-order chi connectivity index (χ0) is 20.4. The summed E-state index contributed by atoms with van der Waals surface area (Å²) >= 11 is 0. The van der Waals surface area contributed by atoms with Gasteiger partial charge in [-0.15, -0.1) is 0 Å². The molecule has 2 saturated heterocycles. The van der Waals surface area contributed by atoms with Crippen LogP contribution in [-0.4, -0.2) is 79.8 Å². The van der Waals surface area contributed by atoms with Gasteiger partial charge in [-0.3, -0.25) is 9.59 Å². The zero-order valence-electron chi connectivity index (χ0n) is 16.3. The molecule has 1 aromatic carbocycles. The number of aliphatic hydroxyl groups excluding tert-OH is 1. The molecule has 158 valence electrons. The minimum absolute atomic E-state index is 0.0797. The molecule has 0 bridgehead atoms. The number of benzene rings is 1. The van der Waals surface area contributed by atoms with Gasteiger partial charge in [-0.1, -0.05) is 0 Å². The SMILES string of the molecule is CNC(=O)C[C@@H]1CC[C@@H]2[C@H](COC[C@H](O)CN2C(=O)c2ccc3c(c2)OCO3)O1. The predicted octanol–water partition coefficient (Wildman–Crippen LogP) is 0.301. The topological polar surface area (TPSA) is 107 Å². The van der Waals surface area contributed by atoms with Crippen molar-refractivity contribution in [1.29, 1.82) is 0 Å². The van der Waals surface area contributed by atoms with Crippen molar-refractivity contribution in [1.82, 2.24) is 10.2 Å². The Balaban J connectivity index is 1.54. The molecule has 3 aliphatic rings. The van der Waals surface area contributed by atoms with E-state index in [1.54, 1.807) is 30.1 Å². The molecule has 1 aromatic rings. The Hall–Kier alpha value is -2.36. The van der Waals surface area contributed by atoms with Crippen LogP contribution in [-0.2, 0) is 14.3 Å². The van der Waals surface area contributed by atoms with Gasteiger partial charge in [0.15, 0.2) is 11.5 Å². The summed E-state index contributed by atoms with van der Waals surface area (Å²) in [5, 5.41) is 12.9. The summed E-state index contributed by atoms with van der Waals surface area (Å²) in [5.41, 5.74) is 0.467. The maximum atomic E-state index is 13.3.